The molecule has 0 heterocycles. The summed E-state index contributed by atoms with van der Waals surface area (Å²) < 4.78 is 91.1. The zero-order chi connectivity index (χ0) is 20.5. The summed E-state index contributed by atoms with van der Waals surface area (Å²) in [6.07, 6.45) is -10.9. The molecule has 0 fully saturated rings. The average Bonchev–Trinajstić information content (AvgIpc) is 2.59. The van der Waals surface area contributed by atoms with Crippen LogP contribution in [-0.2, 0) is 24.2 Å². The van der Waals surface area contributed by atoms with Gasteiger partial charge in [0.2, 0.25) is 0 Å². The summed E-state index contributed by atoms with van der Waals surface area (Å²) in [6.45, 7) is 0. The molecule has 27 heavy (non-hydrogen) atoms. The molecule has 2 aromatic carbocycles. The Bertz CT molecular complexity index is 899. The summed E-state index contributed by atoms with van der Waals surface area (Å²) in [5, 5.41) is 18.8. The van der Waals surface area contributed by atoms with Gasteiger partial charge in [0.1, 0.15) is 5.82 Å². The van der Waals surface area contributed by atoms with Crippen molar-refractivity contribution in [1.29, 1.82) is 10.5 Å². The van der Waals surface area contributed by atoms with Gasteiger partial charge >= 0.3 is 12.4 Å². The van der Waals surface area contributed by atoms with E-state index in [0.29, 0.717) is 12.1 Å². The number of nitrogens with zero attached hydrogens (tertiary/aromatic N) is 2. The maximum Gasteiger partial charge on any atom is 0.416 e. The van der Waals surface area contributed by atoms with Crippen LogP contribution in [0.2, 0.25) is 0 Å². The van der Waals surface area contributed by atoms with Crippen LogP contribution in [0, 0.1) is 28.5 Å². The van der Waals surface area contributed by atoms with Crippen molar-refractivity contribution in [3.8, 4) is 12.1 Å². The Balaban J connectivity index is 2.61. The molecule has 2 rings (SSSR count). The van der Waals surface area contributed by atoms with Crippen molar-refractivity contribution in [2.45, 2.75) is 24.2 Å². The fourth-order valence-corrected chi connectivity index (χ4v) is 2.53. The number of halogens is 7. The molecule has 0 aliphatic carbocycles. The lowest BCUT2D eigenvalue weighted by atomic mass is 9.77. The molecular weight excluding hydrogens is 377 g/mol. The van der Waals surface area contributed by atoms with Gasteiger partial charge in [-0.05, 0) is 35.4 Å². The lowest BCUT2D eigenvalue weighted by Gasteiger charge is -2.22. The van der Waals surface area contributed by atoms with Crippen molar-refractivity contribution in [2.75, 3.05) is 0 Å². The largest absolute Gasteiger partial charge is 0.416 e. The molecule has 0 bridgehead atoms. The summed E-state index contributed by atoms with van der Waals surface area (Å²) >= 11 is 0. The highest BCUT2D eigenvalue weighted by atomic mass is 19.4. The van der Waals surface area contributed by atoms with E-state index < -0.39 is 46.7 Å². The van der Waals surface area contributed by atoms with Crippen molar-refractivity contribution in [2.24, 2.45) is 0 Å². The molecular formula is C18H9F7N2. The number of hydrogen-bond donors (Lipinski definition) is 0. The summed E-state index contributed by atoms with van der Waals surface area (Å²) in [4.78, 5) is 0. The van der Waals surface area contributed by atoms with Gasteiger partial charge in [-0.25, -0.2) is 4.39 Å². The first-order valence-electron chi connectivity index (χ1n) is 7.29. The van der Waals surface area contributed by atoms with E-state index in [2.05, 4.69) is 0 Å². The SMILES string of the molecule is N#CC(C#N)(Cc1ccc(C(F)(F)F)cc1C(F)(F)F)c1ccc(F)cc1. The van der Waals surface area contributed by atoms with Crippen LogP contribution < -0.4 is 0 Å². The molecule has 9 heteroatoms. The minimum atomic E-state index is -5.13. The predicted molar refractivity (Wildman–Crippen MR) is 79.5 cm³/mol. The Kier molecular flexibility index (Phi) is 5.19. The smallest absolute Gasteiger partial charge is 0.207 e. The topological polar surface area (TPSA) is 47.6 Å². The van der Waals surface area contributed by atoms with E-state index in [1.807, 2.05) is 0 Å². The van der Waals surface area contributed by atoms with Gasteiger partial charge in [-0.1, -0.05) is 18.2 Å². The van der Waals surface area contributed by atoms with Gasteiger partial charge in [-0.15, -0.1) is 0 Å². The highest BCUT2D eigenvalue weighted by molar-refractivity contribution is 5.46. The van der Waals surface area contributed by atoms with Gasteiger partial charge in [0.25, 0.3) is 0 Å². The van der Waals surface area contributed by atoms with Crippen LogP contribution in [0.5, 0.6) is 0 Å². The maximum atomic E-state index is 13.3. The maximum absolute atomic E-state index is 13.3. The first-order chi connectivity index (χ1) is 12.4. The summed E-state index contributed by atoms with van der Waals surface area (Å²) in [5.74, 6) is -0.686. The van der Waals surface area contributed by atoms with E-state index in [1.165, 1.54) is 0 Å². The molecule has 0 aromatic heterocycles. The monoisotopic (exact) mass is 386 g/mol. The molecule has 0 saturated heterocycles. The summed E-state index contributed by atoms with van der Waals surface area (Å²) in [7, 11) is 0. The lowest BCUT2D eigenvalue weighted by molar-refractivity contribution is -0.143. The highest BCUT2D eigenvalue weighted by Crippen LogP contribution is 2.39. The molecule has 0 saturated carbocycles. The van der Waals surface area contributed by atoms with Gasteiger partial charge in [0.15, 0.2) is 5.41 Å². The summed E-state index contributed by atoms with van der Waals surface area (Å²) in [6, 6.07) is 8.18. The number of alkyl halides is 6. The second-order valence-corrected chi connectivity index (χ2v) is 5.68. The van der Waals surface area contributed by atoms with Gasteiger partial charge in [0, 0.05) is 6.42 Å². The van der Waals surface area contributed by atoms with E-state index in [1.54, 1.807) is 12.1 Å². The molecule has 2 nitrogen and oxygen atoms in total. The van der Waals surface area contributed by atoms with Crippen molar-refractivity contribution in [3.63, 3.8) is 0 Å². The van der Waals surface area contributed by atoms with Crippen LogP contribution in [-0.4, -0.2) is 0 Å². The Morgan fingerprint density at radius 1 is 0.741 bits per heavy atom. The van der Waals surface area contributed by atoms with Crippen LogP contribution in [0.15, 0.2) is 42.5 Å². The second kappa shape index (κ2) is 6.92. The fourth-order valence-electron chi connectivity index (χ4n) is 2.53. The molecule has 0 atom stereocenters. The lowest BCUT2D eigenvalue weighted by Crippen LogP contribution is -2.27. The van der Waals surface area contributed by atoms with Crippen LogP contribution in [0.25, 0.3) is 0 Å². The Labute approximate surface area is 149 Å². The molecule has 0 spiro atoms. The van der Waals surface area contributed by atoms with Gasteiger partial charge < -0.3 is 0 Å². The van der Waals surface area contributed by atoms with Gasteiger partial charge in [-0.3, -0.25) is 0 Å². The first kappa shape index (κ1) is 20.2. The first-order valence-corrected chi connectivity index (χ1v) is 7.29. The van der Waals surface area contributed by atoms with E-state index in [0.717, 1.165) is 24.3 Å². The normalized spacial score (nSPS) is 12.3. The zero-order valence-corrected chi connectivity index (χ0v) is 13.3. The molecule has 0 aliphatic heterocycles. The molecule has 0 N–H and O–H groups in total. The van der Waals surface area contributed by atoms with Crippen LogP contribution in [0.4, 0.5) is 30.7 Å². The quantitative estimate of drug-likeness (QED) is 0.664. The third kappa shape index (κ3) is 4.20. The zero-order valence-electron chi connectivity index (χ0n) is 13.3. The molecule has 0 amide bonds. The van der Waals surface area contributed by atoms with Crippen molar-refractivity contribution >= 4 is 0 Å². The average molecular weight is 386 g/mol. The molecule has 0 aliphatic rings. The van der Waals surface area contributed by atoms with E-state index in [4.69, 9.17) is 0 Å². The van der Waals surface area contributed by atoms with Crippen LogP contribution >= 0.6 is 0 Å². The Morgan fingerprint density at radius 2 is 1.26 bits per heavy atom. The number of nitriles is 2. The molecule has 140 valence electrons. The second-order valence-electron chi connectivity index (χ2n) is 5.68. The third-order valence-electron chi connectivity index (χ3n) is 3.92. The van der Waals surface area contributed by atoms with Crippen molar-refractivity contribution < 1.29 is 30.7 Å². The number of benzene rings is 2. The van der Waals surface area contributed by atoms with Crippen LogP contribution in [0.3, 0.4) is 0 Å². The molecule has 2 aromatic rings. The number of hydrogen-bond acceptors (Lipinski definition) is 2. The Morgan fingerprint density at radius 3 is 1.70 bits per heavy atom. The predicted octanol–water partition coefficient (Wildman–Crippen LogP) is 5.39. The van der Waals surface area contributed by atoms with Crippen molar-refractivity contribution in [1.82, 2.24) is 0 Å². The van der Waals surface area contributed by atoms with Gasteiger partial charge in [-0.2, -0.15) is 36.9 Å². The third-order valence-corrected chi connectivity index (χ3v) is 3.92. The van der Waals surface area contributed by atoms with E-state index >= 15 is 0 Å². The van der Waals surface area contributed by atoms with E-state index in [-0.39, 0.29) is 11.6 Å². The molecule has 0 radical (unpaired) electrons. The minimum Gasteiger partial charge on any atom is -0.207 e. The van der Waals surface area contributed by atoms with Gasteiger partial charge in [0.05, 0.1) is 23.3 Å². The summed E-state index contributed by atoms with van der Waals surface area (Å²) in [5.41, 5.74) is -5.94. The number of rotatable bonds is 3. The fraction of sp³-hybridized carbons (Fsp3) is 0.222. The van der Waals surface area contributed by atoms with Crippen molar-refractivity contribution in [3.05, 3.63) is 70.5 Å². The minimum absolute atomic E-state index is 0.0560. The highest BCUT2D eigenvalue weighted by Gasteiger charge is 2.41. The molecule has 0 unspecified atom stereocenters. The van der Waals surface area contributed by atoms with E-state index in [9.17, 15) is 41.3 Å². The standard InChI is InChI=1S/C18H9F7N2/c19-14-5-3-12(4-6-14)16(9-26,10-27)8-11-1-2-13(17(20,21)22)7-15(11)18(23,24)25/h1-7H,8H2. The van der Waals surface area contributed by atoms with Crippen LogP contribution in [0.1, 0.15) is 22.3 Å². The Hall–Kier alpha value is -3.07.